The molecule has 0 aliphatic carbocycles. The van der Waals surface area contributed by atoms with Crippen LogP contribution in [0.4, 0.5) is 5.82 Å². The van der Waals surface area contributed by atoms with Crippen molar-refractivity contribution in [2.24, 2.45) is 0 Å². The molecule has 6 nitrogen and oxygen atoms in total. The number of nitrogens with zero attached hydrogens (tertiary/aromatic N) is 3. The third kappa shape index (κ3) is 4.78. The number of aliphatic hydroxyl groups excluding tert-OH is 1. The number of nitrogens with one attached hydrogen (secondary N) is 1. The zero-order chi connectivity index (χ0) is 19.9. The highest BCUT2D eigenvalue weighted by atomic mass is 16.5. The van der Waals surface area contributed by atoms with Gasteiger partial charge in [0.05, 0.1) is 12.6 Å². The molecule has 2 aliphatic heterocycles. The molecule has 0 spiro atoms. The SMILES string of the molecule is OCC(c1ccccc1)N1CCN(C2(CNc3ccccn3)CCOCC2)CC1. The monoisotopic (exact) mass is 396 g/mol. The molecule has 2 aliphatic rings. The van der Waals surface area contributed by atoms with Crippen molar-refractivity contribution >= 4 is 5.82 Å². The molecule has 0 amide bonds. The fourth-order valence-corrected chi connectivity index (χ4v) is 4.69. The van der Waals surface area contributed by atoms with Crippen LogP contribution in [0.5, 0.6) is 0 Å². The van der Waals surface area contributed by atoms with Crippen molar-refractivity contribution in [1.29, 1.82) is 0 Å². The Hall–Kier alpha value is -1.99. The van der Waals surface area contributed by atoms with Gasteiger partial charge in [0.25, 0.3) is 0 Å². The van der Waals surface area contributed by atoms with Crippen LogP contribution in [0.25, 0.3) is 0 Å². The number of hydrogen-bond acceptors (Lipinski definition) is 6. The first-order chi connectivity index (χ1) is 14.3. The summed E-state index contributed by atoms with van der Waals surface area (Å²) in [6, 6.07) is 16.4. The van der Waals surface area contributed by atoms with E-state index in [1.807, 2.05) is 30.5 Å². The average molecular weight is 397 g/mol. The number of hydrogen-bond donors (Lipinski definition) is 2. The van der Waals surface area contributed by atoms with Crippen molar-refractivity contribution in [2.45, 2.75) is 24.4 Å². The standard InChI is InChI=1S/C23H32N4O2/c28-18-21(20-6-2-1-3-7-20)26-12-14-27(15-13-26)23(9-16-29-17-10-23)19-25-22-8-4-5-11-24-22/h1-8,11,21,28H,9-10,12-19H2,(H,24,25). The Labute approximate surface area is 173 Å². The Kier molecular flexibility index (Phi) is 6.77. The first-order valence-corrected chi connectivity index (χ1v) is 10.7. The van der Waals surface area contributed by atoms with Crippen molar-refractivity contribution < 1.29 is 9.84 Å². The lowest BCUT2D eigenvalue weighted by molar-refractivity contribution is -0.0486. The van der Waals surface area contributed by atoms with Gasteiger partial charge in [0.1, 0.15) is 5.82 Å². The van der Waals surface area contributed by atoms with E-state index in [1.165, 1.54) is 5.56 Å². The van der Waals surface area contributed by atoms with Gasteiger partial charge in [-0.1, -0.05) is 36.4 Å². The summed E-state index contributed by atoms with van der Waals surface area (Å²) in [4.78, 5) is 9.48. The number of pyridine rings is 1. The van der Waals surface area contributed by atoms with Crippen molar-refractivity contribution in [1.82, 2.24) is 14.8 Å². The zero-order valence-corrected chi connectivity index (χ0v) is 17.0. The summed E-state index contributed by atoms with van der Waals surface area (Å²) in [5.41, 5.74) is 1.30. The Morgan fingerprint density at radius 1 is 1.00 bits per heavy atom. The van der Waals surface area contributed by atoms with Gasteiger partial charge in [-0.05, 0) is 30.5 Å². The Morgan fingerprint density at radius 3 is 2.38 bits per heavy atom. The van der Waals surface area contributed by atoms with E-state index in [-0.39, 0.29) is 18.2 Å². The van der Waals surface area contributed by atoms with Crippen LogP contribution in [-0.2, 0) is 4.74 Å². The predicted octanol–water partition coefficient (Wildman–Crippen LogP) is 2.39. The fraction of sp³-hybridized carbons (Fsp3) is 0.522. The predicted molar refractivity (Wildman–Crippen MR) is 115 cm³/mol. The summed E-state index contributed by atoms with van der Waals surface area (Å²) in [6.07, 6.45) is 3.90. The number of aromatic nitrogens is 1. The molecule has 1 aromatic heterocycles. The number of piperazine rings is 1. The molecule has 6 heteroatoms. The molecule has 1 unspecified atom stereocenters. The molecular formula is C23H32N4O2. The molecule has 1 atom stereocenters. The van der Waals surface area contributed by atoms with Crippen LogP contribution in [0.2, 0.25) is 0 Å². The third-order valence-electron chi connectivity index (χ3n) is 6.47. The largest absolute Gasteiger partial charge is 0.394 e. The van der Waals surface area contributed by atoms with Crippen molar-refractivity contribution in [3.05, 3.63) is 60.3 Å². The van der Waals surface area contributed by atoms with Crippen molar-refractivity contribution in [2.75, 3.05) is 57.9 Å². The maximum absolute atomic E-state index is 10.0. The lowest BCUT2D eigenvalue weighted by Gasteiger charge is -2.50. The Balaban J connectivity index is 1.41. The molecule has 2 aromatic rings. The van der Waals surface area contributed by atoms with Gasteiger partial charge in [0.15, 0.2) is 0 Å². The van der Waals surface area contributed by atoms with E-state index < -0.39 is 0 Å². The van der Waals surface area contributed by atoms with Gasteiger partial charge in [0, 0.05) is 57.7 Å². The highest BCUT2D eigenvalue weighted by molar-refractivity contribution is 5.34. The molecular weight excluding hydrogens is 364 g/mol. The molecule has 29 heavy (non-hydrogen) atoms. The van der Waals surface area contributed by atoms with E-state index in [9.17, 15) is 5.11 Å². The molecule has 0 saturated carbocycles. The van der Waals surface area contributed by atoms with E-state index >= 15 is 0 Å². The minimum Gasteiger partial charge on any atom is -0.394 e. The van der Waals surface area contributed by atoms with Gasteiger partial charge in [-0.2, -0.15) is 0 Å². The number of anilines is 1. The highest BCUT2D eigenvalue weighted by Gasteiger charge is 2.40. The first-order valence-electron chi connectivity index (χ1n) is 10.7. The minimum atomic E-state index is 0.0793. The average Bonchev–Trinajstić information content (AvgIpc) is 2.81. The van der Waals surface area contributed by atoms with Gasteiger partial charge in [-0.15, -0.1) is 0 Å². The van der Waals surface area contributed by atoms with Gasteiger partial charge in [-0.25, -0.2) is 4.98 Å². The number of benzene rings is 1. The number of rotatable bonds is 7. The van der Waals surface area contributed by atoms with Gasteiger partial charge in [-0.3, -0.25) is 9.80 Å². The van der Waals surface area contributed by atoms with E-state index in [2.05, 4.69) is 44.4 Å². The summed E-state index contributed by atoms with van der Waals surface area (Å²) in [6.45, 7) is 6.61. The highest BCUT2D eigenvalue weighted by Crippen LogP contribution is 2.31. The molecule has 0 radical (unpaired) electrons. The smallest absolute Gasteiger partial charge is 0.125 e. The summed E-state index contributed by atoms with van der Waals surface area (Å²) in [5, 5.41) is 13.6. The van der Waals surface area contributed by atoms with Crippen LogP contribution in [0, 0.1) is 0 Å². The molecule has 156 valence electrons. The topological polar surface area (TPSA) is 60.9 Å². The van der Waals surface area contributed by atoms with Crippen molar-refractivity contribution in [3.8, 4) is 0 Å². The van der Waals surface area contributed by atoms with Gasteiger partial charge in [0.2, 0.25) is 0 Å². The molecule has 2 saturated heterocycles. The second-order valence-electron chi connectivity index (χ2n) is 8.04. The fourth-order valence-electron chi connectivity index (χ4n) is 4.69. The molecule has 2 N–H and O–H groups in total. The Morgan fingerprint density at radius 2 is 1.72 bits per heavy atom. The summed E-state index contributed by atoms with van der Waals surface area (Å²) in [7, 11) is 0. The van der Waals surface area contributed by atoms with E-state index in [0.29, 0.717) is 0 Å². The van der Waals surface area contributed by atoms with Crippen molar-refractivity contribution in [3.63, 3.8) is 0 Å². The maximum Gasteiger partial charge on any atom is 0.125 e. The van der Waals surface area contributed by atoms with Crippen LogP contribution in [0.3, 0.4) is 0 Å². The zero-order valence-electron chi connectivity index (χ0n) is 17.0. The molecule has 3 heterocycles. The summed E-state index contributed by atoms with van der Waals surface area (Å²) in [5.74, 6) is 0.932. The van der Waals surface area contributed by atoms with E-state index in [1.54, 1.807) is 0 Å². The van der Waals surface area contributed by atoms with E-state index in [4.69, 9.17) is 4.74 Å². The number of ether oxygens (including phenoxy) is 1. The van der Waals surface area contributed by atoms with Crippen LogP contribution >= 0.6 is 0 Å². The first kappa shape index (κ1) is 20.3. The van der Waals surface area contributed by atoms with Gasteiger partial charge >= 0.3 is 0 Å². The van der Waals surface area contributed by atoms with Crippen LogP contribution in [0.15, 0.2) is 54.7 Å². The normalized spacial score (nSPS) is 21.6. The second-order valence-corrected chi connectivity index (χ2v) is 8.04. The van der Waals surface area contributed by atoms with Crippen LogP contribution in [0.1, 0.15) is 24.4 Å². The third-order valence-corrected chi connectivity index (χ3v) is 6.47. The maximum atomic E-state index is 10.0. The lowest BCUT2D eigenvalue weighted by Crippen LogP contribution is -2.62. The molecule has 2 fully saturated rings. The Bertz CT molecular complexity index is 729. The molecule has 0 bridgehead atoms. The lowest BCUT2D eigenvalue weighted by atomic mass is 9.87. The molecule has 4 rings (SSSR count). The molecule has 1 aromatic carbocycles. The summed E-state index contributed by atoms with van der Waals surface area (Å²) < 4.78 is 5.69. The number of aliphatic hydroxyl groups is 1. The quantitative estimate of drug-likeness (QED) is 0.749. The summed E-state index contributed by atoms with van der Waals surface area (Å²) >= 11 is 0. The second kappa shape index (κ2) is 9.67. The van der Waals surface area contributed by atoms with Crippen LogP contribution < -0.4 is 5.32 Å². The minimum absolute atomic E-state index is 0.0793. The van der Waals surface area contributed by atoms with E-state index in [0.717, 1.165) is 64.6 Å². The van der Waals surface area contributed by atoms with Gasteiger partial charge < -0.3 is 15.2 Å². The van der Waals surface area contributed by atoms with Crippen LogP contribution in [-0.4, -0.2) is 78.0 Å².